The number of piperidine rings is 1. The Kier molecular flexibility index (Phi) is 3.80. The fourth-order valence-electron chi connectivity index (χ4n) is 2.58. The van der Waals surface area contributed by atoms with Crippen LogP contribution in [-0.4, -0.2) is 44.0 Å². The average Bonchev–Trinajstić information content (AvgIpc) is 3.19. The quantitative estimate of drug-likeness (QED) is 0.771. The van der Waals surface area contributed by atoms with Gasteiger partial charge in [0.25, 0.3) is 5.91 Å². The zero-order valence-corrected chi connectivity index (χ0v) is 11.9. The minimum Gasteiger partial charge on any atom is -0.317 e. The molecular weight excluding hydrogens is 315 g/mol. The van der Waals surface area contributed by atoms with Crippen molar-refractivity contribution >= 4 is 11.9 Å². The highest BCUT2D eigenvalue weighted by Gasteiger charge is 2.43. The number of carbonyl (C=O) groups excluding carboxylic acids is 1. The van der Waals surface area contributed by atoms with E-state index >= 15 is 0 Å². The molecule has 1 amide bonds. The van der Waals surface area contributed by atoms with E-state index in [0.717, 1.165) is 0 Å². The molecule has 0 aromatic carbocycles. The summed E-state index contributed by atoms with van der Waals surface area (Å²) in [6.07, 6.45) is -0.534. The summed E-state index contributed by atoms with van der Waals surface area (Å²) < 4.78 is 39.1. The Bertz CT molecular complexity index is 673. The Morgan fingerprint density at radius 1 is 1.35 bits per heavy atom. The van der Waals surface area contributed by atoms with Crippen LogP contribution in [-0.2, 0) is 16.5 Å². The van der Waals surface area contributed by atoms with Gasteiger partial charge in [0, 0.05) is 12.4 Å². The van der Waals surface area contributed by atoms with Crippen molar-refractivity contribution in [3.8, 4) is 0 Å². The molecule has 2 aromatic heterocycles. The van der Waals surface area contributed by atoms with Crippen molar-refractivity contribution in [3.63, 3.8) is 0 Å². The Morgan fingerprint density at radius 2 is 2.09 bits per heavy atom. The number of hydrogen-bond donors (Lipinski definition) is 3. The first-order valence-electron chi connectivity index (χ1n) is 6.94. The standard InChI is InChI=1S/C12H14F3N7O/c13-12(14,15)8-18-10(21-20-8)19-9(23)11(2-5-16-6-3-11)22-7-1-4-17-22/h1,4,7,16H,2-3,5-6H2,(H2,18,19,20,21,23). The molecule has 2 aromatic rings. The van der Waals surface area contributed by atoms with Crippen LogP contribution >= 0.6 is 0 Å². The lowest BCUT2D eigenvalue weighted by Crippen LogP contribution is -2.52. The maximum atomic E-state index is 12.7. The second kappa shape index (κ2) is 5.65. The molecule has 0 unspecified atom stereocenters. The molecule has 0 atom stereocenters. The third-order valence-electron chi connectivity index (χ3n) is 3.78. The van der Waals surface area contributed by atoms with Crippen molar-refractivity contribution in [2.75, 3.05) is 18.4 Å². The molecule has 11 heteroatoms. The molecule has 23 heavy (non-hydrogen) atoms. The summed E-state index contributed by atoms with van der Waals surface area (Å²) in [6, 6.07) is 1.69. The van der Waals surface area contributed by atoms with Crippen LogP contribution in [0.5, 0.6) is 0 Å². The van der Waals surface area contributed by atoms with Gasteiger partial charge < -0.3 is 5.32 Å². The van der Waals surface area contributed by atoms with Crippen molar-refractivity contribution in [2.45, 2.75) is 24.6 Å². The topological polar surface area (TPSA) is 101 Å². The van der Waals surface area contributed by atoms with Crippen molar-refractivity contribution in [1.29, 1.82) is 0 Å². The molecule has 1 aliphatic rings. The minimum atomic E-state index is -4.65. The number of aromatic nitrogens is 5. The van der Waals surface area contributed by atoms with E-state index < -0.39 is 29.4 Å². The molecule has 3 rings (SSSR count). The molecule has 124 valence electrons. The van der Waals surface area contributed by atoms with Crippen molar-refractivity contribution in [1.82, 2.24) is 30.3 Å². The number of halogens is 3. The van der Waals surface area contributed by atoms with Crippen molar-refractivity contribution in [2.24, 2.45) is 0 Å². The van der Waals surface area contributed by atoms with E-state index in [9.17, 15) is 18.0 Å². The molecule has 1 aliphatic heterocycles. The third kappa shape index (κ3) is 2.91. The summed E-state index contributed by atoms with van der Waals surface area (Å²) >= 11 is 0. The predicted octanol–water partition coefficient (Wildman–Crippen LogP) is 0.737. The number of aromatic amines is 1. The molecule has 0 aliphatic carbocycles. The van der Waals surface area contributed by atoms with E-state index in [0.29, 0.717) is 25.9 Å². The lowest BCUT2D eigenvalue weighted by molar-refractivity contribution is -0.144. The number of rotatable bonds is 3. The van der Waals surface area contributed by atoms with Crippen LogP contribution < -0.4 is 10.6 Å². The first-order chi connectivity index (χ1) is 10.9. The molecule has 3 heterocycles. The molecule has 0 spiro atoms. The van der Waals surface area contributed by atoms with Gasteiger partial charge in [-0.1, -0.05) is 0 Å². The van der Waals surface area contributed by atoms with Crippen molar-refractivity contribution < 1.29 is 18.0 Å². The minimum absolute atomic E-state index is 0.410. The van der Waals surface area contributed by atoms with Gasteiger partial charge in [0.15, 0.2) is 0 Å². The van der Waals surface area contributed by atoms with Gasteiger partial charge in [0.05, 0.1) is 0 Å². The van der Waals surface area contributed by atoms with Gasteiger partial charge in [-0.3, -0.25) is 19.9 Å². The van der Waals surface area contributed by atoms with Gasteiger partial charge in [-0.25, -0.2) is 0 Å². The fraction of sp³-hybridized carbons (Fsp3) is 0.500. The molecule has 8 nitrogen and oxygen atoms in total. The highest BCUT2D eigenvalue weighted by molar-refractivity contribution is 5.95. The lowest BCUT2D eigenvalue weighted by Gasteiger charge is -2.36. The number of H-pyrrole nitrogens is 1. The Balaban J connectivity index is 1.83. The number of anilines is 1. The van der Waals surface area contributed by atoms with Gasteiger partial charge in [-0.05, 0) is 32.0 Å². The smallest absolute Gasteiger partial charge is 0.317 e. The number of alkyl halides is 3. The summed E-state index contributed by atoms with van der Waals surface area (Å²) in [5.41, 5.74) is -0.978. The lowest BCUT2D eigenvalue weighted by atomic mass is 9.87. The van der Waals surface area contributed by atoms with Crippen LogP contribution in [0.1, 0.15) is 18.7 Å². The monoisotopic (exact) mass is 329 g/mol. The Labute approximate surface area is 128 Å². The summed E-state index contributed by atoms with van der Waals surface area (Å²) in [5.74, 6) is -2.16. The molecule has 1 saturated heterocycles. The number of amides is 1. The van der Waals surface area contributed by atoms with Crippen molar-refractivity contribution in [3.05, 3.63) is 24.3 Å². The fourth-order valence-corrected chi connectivity index (χ4v) is 2.58. The summed E-state index contributed by atoms with van der Waals surface area (Å²) in [7, 11) is 0. The van der Waals surface area contributed by atoms with Gasteiger partial charge in [-0.2, -0.15) is 23.3 Å². The highest BCUT2D eigenvalue weighted by atomic mass is 19.4. The summed E-state index contributed by atoms with van der Waals surface area (Å²) in [5, 5.41) is 14.8. The number of hydrogen-bond acceptors (Lipinski definition) is 5. The predicted molar refractivity (Wildman–Crippen MR) is 72.3 cm³/mol. The van der Waals surface area contributed by atoms with E-state index in [2.05, 4.69) is 25.8 Å². The van der Waals surface area contributed by atoms with E-state index in [1.807, 2.05) is 0 Å². The van der Waals surface area contributed by atoms with Gasteiger partial charge in [0.1, 0.15) is 5.54 Å². The Morgan fingerprint density at radius 3 is 2.65 bits per heavy atom. The first kappa shape index (κ1) is 15.5. The second-order valence-corrected chi connectivity index (χ2v) is 5.19. The van der Waals surface area contributed by atoms with Crippen LogP contribution in [0.4, 0.5) is 19.1 Å². The normalized spacial score (nSPS) is 17.9. The average molecular weight is 329 g/mol. The highest BCUT2D eigenvalue weighted by Crippen LogP contribution is 2.29. The summed E-state index contributed by atoms with van der Waals surface area (Å²) in [4.78, 5) is 15.9. The third-order valence-corrected chi connectivity index (χ3v) is 3.78. The zero-order chi connectivity index (χ0) is 16.5. The first-order valence-corrected chi connectivity index (χ1v) is 6.94. The largest absolute Gasteiger partial charge is 0.451 e. The molecule has 1 fully saturated rings. The molecule has 0 bridgehead atoms. The van der Waals surface area contributed by atoms with Crippen LogP contribution in [0.3, 0.4) is 0 Å². The number of nitrogens with one attached hydrogen (secondary N) is 3. The van der Waals surface area contributed by atoms with E-state index in [1.165, 1.54) is 4.68 Å². The van der Waals surface area contributed by atoms with Crippen LogP contribution in [0.15, 0.2) is 18.5 Å². The molecule has 3 N–H and O–H groups in total. The maximum absolute atomic E-state index is 12.7. The molecule has 0 saturated carbocycles. The second-order valence-electron chi connectivity index (χ2n) is 5.19. The Hall–Kier alpha value is -2.43. The van der Waals surface area contributed by atoms with E-state index in [1.54, 1.807) is 23.6 Å². The van der Waals surface area contributed by atoms with Gasteiger partial charge >= 0.3 is 6.18 Å². The SMILES string of the molecule is O=C(Nc1n[nH]c(C(F)(F)F)n1)C1(n2cccn2)CCNCC1. The van der Waals surface area contributed by atoms with Crippen LogP contribution in [0, 0.1) is 0 Å². The molecule has 0 radical (unpaired) electrons. The van der Waals surface area contributed by atoms with Crippen LogP contribution in [0.25, 0.3) is 0 Å². The number of nitrogens with zero attached hydrogens (tertiary/aromatic N) is 4. The van der Waals surface area contributed by atoms with Gasteiger partial charge in [0.2, 0.25) is 11.8 Å². The van der Waals surface area contributed by atoms with E-state index in [4.69, 9.17) is 0 Å². The van der Waals surface area contributed by atoms with Gasteiger partial charge in [-0.15, -0.1) is 5.10 Å². The van der Waals surface area contributed by atoms with Crippen LogP contribution in [0.2, 0.25) is 0 Å². The summed E-state index contributed by atoms with van der Waals surface area (Å²) in [6.45, 7) is 1.18. The number of carbonyl (C=O) groups is 1. The van der Waals surface area contributed by atoms with E-state index in [-0.39, 0.29) is 0 Å². The zero-order valence-electron chi connectivity index (χ0n) is 11.9. The molecular formula is C12H14F3N7O. The maximum Gasteiger partial charge on any atom is 0.451 e.